The molecule has 0 bridgehead atoms. The number of anilines is 1. The summed E-state index contributed by atoms with van der Waals surface area (Å²) < 4.78 is 1.16. The summed E-state index contributed by atoms with van der Waals surface area (Å²) in [4.78, 5) is 0. The number of nitrogens with one attached hydrogen (secondary N) is 1. The van der Waals surface area contributed by atoms with Gasteiger partial charge in [0.2, 0.25) is 0 Å². The maximum atomic E-state index is 3.57. The highest BCUT2D eigenvalue weighted by molar-refractivity contribution is 9.10. The summed E-state index contributed by atoms with van der Waals surface area (Å²) in [5.74, 6) is 0. The average molecular weight is 332 g/mol. The topological polar surface area (TPSA) is 12.0 Å². The predicted octanol–water partition coefficient (Wildman–Crippen LogP) is 5.50. The van der Waals surface area contributed by atoms with E-state index in [1.54, 1.807) is 0 Å². The Bertz CT molecular complexity index is 577. The number of rotatable bonds is 5. The van der Waals surface area contributed by atoms with Crippen molar-refractivity contribution in [3.8, 4) is 0 Å². The minimum atomic E-state index is 0.469. The normalized spacial score (nSPS) is 12.2. The van der Waals surface area contributed by atoms with Crippen LogP contribution in [0.5, 0.6) is 0 Å². The Hall–Kier alpha value is -1.28. The number of halogens is 1. The van der Waals surface area contributed by atoms with Crippen molar-refractivity contribution in [1.29, 1.82) is 0 Å². The quantitative estimate of drug-likeness (QED) is 0.762. The van der Waals surface area contributed by atoms with Gasteiger partial charge in [0.1, 0.15) is 0 Å². The summed E-state index contributed by atoms with van der Waals surface area (Å²) in [6.07, 6.45) is 2.25. The van der Waals surface area contributed by atoms with Crippen molar-refractivity contribution in [3.63, 3.8) is 0 Å². The molecular weight excluding hydrogens is 310 g/mol. The number of hydrogen-bond acceptors (Lipinski definition) is 1. The molecule has 0 saturated heterocycles. The summed E-state index contributed by atoms with van der Waals surface area (Å²) in [6.45, 7) is 6.51. The van der Waals surface area contributed by atoms with Crippen LogP contribution in [0.3, 0.4) is 0 Å². The van der Waals surface area contributed by atoms with Gasteiger partial charge in [-0.3, -0.25) is 0 Å². The zero-order valence-corrected chi connectivity index (χ0v) is 14.0. The lowest BCUT2D eigenvalue weighted by atomic mass is 10.0. The summed E-state index contributed by atoms with van der Waals surface area (Å²) in [5.41, 5.74) is 5.22. The molecule has 20 heavy (non-hydrogen) atoms. The van der Waals surface area contributed by atoms with Crippen LogP contribution in [0.1, 0.15) is 30.0 Å². The first-order valence-corrected chi connectivity index (χ1v) is 7.92. The lowest BCUT2D eigenvalue weighted by Crippen LogP contribution is -2.16. The van der Waals surface area contributed by atoms with E-state index in [-0.39, 0.29) is 0 Å². The van der Waals surface area contributed by atoms with Crippen molar-refractivity contribution in [2.45, 2.75) is 39.7 Å². The Morgan fingerprint density at radius 2 is 1.90 bits per heavy atom. The van der Waals surface area contributed by atoms with Crippen molar-refractivity contribution in [2.75, 3.05) is 5.32 Å². The SMILES string of the molecule is Cc1cccc(CCC(C)Nc2ccc(Br)c(C)c2)c1. The third kappa shape index (κ3) is 4.38. The second-order valence-electron chi connectivity index (χ2n) is 5.54. The van der Waals surface area contributed by atoms with Gasteiger partial charge in [-0.1, -0.05) is 45.8 Å². The standard InChI is InChI=1S/C18H22BrN/c1-13-5-4-6-16(11-13)8-7-15(3)20-17-9-10-18(19)14(2)12-17/h4-6,9-12,15,20H,7-8H2,1-3H3. The molecule has 1 N–H and O–H groups in total. The van der Waals surface area contributed by atoms with Crippen LogP contribution in [0.15, 0.2) is 46.9 Å². The third-order valence-corrected chi connectivity index (χ3v) is 4.41. The van der Waals surface area contributed by atoms with E-state index in [9.17, 15) is 0 Å². The molecule has 0 fully saturated rings. The highest BCUT2D eigenvalue weighted by atomic mass is 79.9. The molecule has 2 aromatic rings. The second-order valence-corrected chi connectivity index (χ2v) is 6.39. The fourth-order valence-electron chi connectivity index (χ4n) is 2.34. The van der Waals surface area contributed by atoms with Gasteiger partial charge in [-0.05, 0) is 62.9 Å². The molecule has 2 aromatic carbocycles. The summed E-state index contributed by atoms with van der Waals surface area (Å²) in [5, 5.41) is 3.57. The highest BCUT2D eigenvalue weighted by Crippen LogP contribution is 2.21. The molecule has 0 saturated carbocycles. The maximum absolute atomic E-state index is 3.57. The van der Waals surface area contributed by atoms with Crippen molar-refractivity contribution in [1.82, 2.24) is 0 Å². The van der Waals surface area contributed by atoms with Crippen LogP contribution in [-0.2, 0) is 6.42 Å². The van der Waals surface area contributed by atoms with Crippen molar-refractivity contribution >= 4 is 21.6 Å². The fraction of sp³-hybridized carbons (Fsp3) is 0.333. The first kappa shape index (κ1) is 15.1. The van der Waals surface area contributed by atoms with Crippen LogP contribution in [0.4, 0.5) is 5.69 Å². The average Bonchev–Trinajstić information content (AvgIpc) is 2.41. The van der Waals surface area contributed by atoms with Crippen LogP contribution in [0.25, 0.3) is 0 Å². The van der Waals surface area contributed by atoms with E-state index >= 15 is 0 Å². The van der Waals surface area contributed by atoms with Gasteiger partial charge in [-0.25, -0.2) is 0 Å². The molecule has 1 nitrogen and oxygen atoms in total. The summed E-state index contributed by atoms with van der Waals surface area (Å²) in [7, 11) is 0. The largest absolute Gasteiger partial charge is 0.383 e. The number of aryl methyl sites for hydroxylation is 3. The van der Waals surface area contributed by atoms with Crippen LogP contribution in [0, 0.1) is 13.8 Å². The molecule has 1 atom stereocenters. The van der Waals surface area contributed by atoms with Crippen molar-refractivity contribution in [2.24, 2.45) is 0 Å². The highest BCUT2D eigenvalue weighted by Gasteiger charge is 2.04. The monoisotopic (exact) mass is 331 g/mol. The third-order valence-electron chi connectivity index (χ3n) is 3.52. The van der Waals surface area contributed by atoms with Gasteiger partial charge in [-0.2, -0.15) is 0 Å². The first-order chi connectivity index (χ1) is 9.54. The summed E-state index contributed by atoms with van der Waals surface area (Å²) >= 11 is 3.54. The van der Waals surface area contributed by atoms with E-state index < -0.39 is 0 Å². The molecule has 2 rings (SSSR count). The Morgan fingerprint density at radius 1 is 1.10 bits per heavy atom. The molecule has 0 heterocycles. The summed E-state index contributed by atoms with van der Waals surface area (Å²) in [6, 6.07) is 15.7. The van der Waals surface area contributed by atoms with Crippen LogP contribution in [0.2, 0.25) is 0 Å². The van der Waals surface area contributed by atoms with Gasteiger partial charge in [0.25, 0.3) is 0 Å². The van der Waals surface area contributed by atoms with Crippen LogP contribution >= 0.6 is 15.9 Å². The smallest absolute Gasteiger partial charge is 0.0345 e. The van der Waals surface area contributed by atoms with Crippen molar-refractivity contribution < 1.29 is 0 Å². The minimum absolute atomic E-state index is 0.469. The van der Waals surface area contributed by atoms with Crippen molar-refractivity contribution in [3.05, 3.63) is 63.6 Å². The van der Waals surface area contributed by atoms with E-state index in [2.05, 4.69) is 84.5 Å². The molecule has 0 amide bonds. The zero-order valence-electron chi connectivity index (χ0n) is 12.4. The minimum Gasteiger partial charge on any atom is -0.383 e. The Balaban J connectivity index is 1.89. The zero-order chi connectivity index (χ0) is 14.5. The molecule has 0 aliphatic heterocycles. The second kappa shape index (κ2) is 6.94. The van der Waals surface area contributed by atoms with E-state index in [1.807, 2.05) is 0 Å². The van der Waals surface area contributed by atoms with Gasteiger partial charge >= 0.3 is 0 Å². The van der Waals surface area contributed by atoms with Crippen LogP contribution in [-0.4, -0.2) is 6.04 Å². The van der Waals surface area contributed by atoms with E-state index in [4.69, 9.17) is 0 Å². The molecule has 0 radical (unpaired) electrons. The molecule has 0 aromatic heterocycles. The molecule has 0 aliphatic carbocycles. The van der Waals surface area contributed by atoms with Gasteiger partial charge < -0.3 is 5.32 Å². The fourth-order valence-corrected chi connectivity index (χ4v) is 2.59. The lowest BCUT2D eigenvalue weighted by Gasteiger charge is -2.16. The number of benzene rings is 2. The Morgan fingerprint density at radius 3 is 2.60 bits per heavy atom. The van der Waals surface area contributed by atoms with Crippen LogP contribution < -0.4 is 5.32 Å². The van der Waals surface area contributed by atoms with E-state index in [0.29, 0.717) is 6.04 Å². The first-order valence-electron chi connectivity index (χ1n) is 7.13. The molecule has 106 valence electrons. The van der Waals surface area contributed by atoms with Gasteiger partial charge in [0.15, 0.2) is 0 Å². The van der Waals surface area contributed by atoms with Gasteiger partial charge in [0, 0.05) is 16.2 Å². The van der Waals surface area contributed by atoms with Gasteiger partial charge in [-0.15, -0.1) is 0 Å². The molecular formula is C18H22BrN. The lowest BCUT2D eigenvalue weighted by molar-refractivity contribution is 0.706. The molecule has 0 aliphatic rings. The van der Waals surface area contributed by atoms with Gasteiger partial charge in [0.05, 0.1) is 0 Å². The Kier molecular flexibility index (Phi) is 5.24. The number of hydrogen-bond donors (Lipinski definition) is 1. The maximum Gasteiger partial charge on any atom is 0.0345 e. The molecule has 0 spiro atoms. The molecule has 1 unspecified atom stereocenters. The molecule has 2 heteroatoms. The predicted molar refractivity (Wildman–Crippen MR) is 91.5 cm³/mol. The van der Waals surface area contributed by atoms with E-state index in [1.165, 1.54) is 22.4 Å². The Labute approximate surface area is 130 Å². The van der Waals surface area contributed by atoms with E-state index in [0.717, 1.165) is 17.3 Å².